The molecule has 2 aromatic rings. The Labute approximate surface area is 143 Å². The minimum atomic E-state index is 0.267. The topological polar surface area (TPSA) is 28.0 Å². The van der Waals surface area contributed by atoms with Crippen molar-refractivity contribution in [3.63, 3.8) is 0 Å². The maximum Gasteiger partial charge on any atom is 0.282 e. The van der Waals surface area contributed by atoms with Crippen LogP contribution in [0.3, 0.4) is 0 Å². The van der Waals surface area contributed by atoms with E-state index >= 15 is 0 Å². The predicted octanol–water partition coefficient (Wildman–Crippen LogP) is 0.981. The molecule has 4 rings (SSSR count). The van der Waals surface area contributed by atoms with Gasteiger partial charge in [0, 0.05) is 17.9 Å². The van der Waals surface area contributed by atoms with Crippen molar-refractivity contribution in [3.8, 4) is 0 Å². The molecular weight excluding hydrogens is 298 g/mol. The second-order valence-corrected chi connectivity index (χ2v) is 6.67. The summed E-state index contributed by atoms with van der Waals surface area (Å²) in [5, 5.41) is 0. The Kier molecular flexibility index (Phi) is 4.22. The van der Waals surface area contributed by atoms with Gasteiger partial charge in [0.1, 0.15) is 0 Å². The number of benzene rings is 2. The van der Waals surface area contributed by atoms with Crippen LogP contribution in [0, 0.1) is 0 Å². The molecule has 2 heterocycles. The zero-order valence-corrected chi connectivity index (χ0v) is 13.9. The SMILES string of the molecule is O=C(C[NH+]1CCN(c2ccccc2)CC1)N1CCc2ccccc21. The highest BCUT2D eigenvalue weighted by atomic mass is 16.2. The molecule has 1 amide bonds. The van der Waals surface area contributed by atoms with Crippen molar-refractivity contribution in [2.24, 2.45) is 0 Å². The lowest BCUT2D eigenvalue weighted by Gasteiger charge is -2.34. The molecule has 0 atom stereocenters. The molecule has 0 unspecified atom stereocenters. The molecule has 1 N–H and O–H groups in total. The second kappa shape index (κ2) is 6.65. The summed E-state index contributed by atoms with van der Waals surface area (Å²) < 4.78 is 0. The maximum atomic E-state index is 12.7. The highest BCUT2D eigenvalue weighted by molar-refractivity contribution is 5.96. The van der Waals surface area contributed by atoms with Crippen LogP contribution in [0.15, 0.2) is 54.6 Å². The zero-order valence-electron chi connectivity index (χ0n) is 13.9. The van der Waals surface area contributed by atoms with Gasteiger partial charge in [0.25, 0.3) is 5.91 Å². The van der Waals surface area contributed by atoms with Gasteiger partial charge in [-0.2, -0.15) is 0 Å². The number of anilines is 2. The number of carbonyl (C=O) groups excluding carboxylic acids is 1. The van der Waals surface area contributed by atoms with E-state index in [1.165, 1.54) is 16.2 Å². The molecule has 2 aromatic carbocycles. The summed E-state index contributed by atoms with van der Waals surface area (Å²) in [5.74, 6) is 0.267. The third kappa shape index (κ3) is 3.02. The average molecular weight is 322 g/mol. The summed E-state index contributed by atoms with van der Waals surface area (Å²) in [6.07, 6.45) is 0.985. The maximum absolute atomic E-state index is 12.7. The van der Waals surface area contributed by atoms with Crippen LogP contribution in [0.1, 0.15) is 5.56 Å². The Morgan fingerprint density at radius 2 is 1.62 bits per heavy atom. The van der Waals surface area contributed by atoms with Crippen LogP contribution in [-0.2, 0) is 11.2 Å². The quantitative estimate of drug-likeness (QED) is 0.912. The molecule has 0 saturated carbocycles. The number of hydrogen-bond acceptors (Lipinski definition) is 2. The fourth-order valence-electron chi connectivity index (χ4n) is 3.80. The first kappa shape index (κ1) is 15.2. The molecule has 0 bridgehead atoms. The summed E-state index contributed by atoms with van der Waals surface area (Å²) in [7, 11) is 0. The average Bonchev–Trinajstić information content (AvgIpc) is 3.07. The van der Waals surface area contributed by atoms with Crippen molar-refractivity contribution < 1.29 is 9.69 Å². The van der Waals surface area contributed by atoms with Crippen molar-refractivity contribution in [1.29, 1.82) is 0 Å². The fourth-order valence-corrected chi connectivity index (χ4v) is 3.80. The van der Waals surface area contributed by atoms with E-state index in [4.69, 9.17) is 0 Å². The lowest BCUT2D eigenvalue weighted by Crippen LogP contribution is -3.16. The first-order chi connectivity index (χ1) is 11.8. The van der Waals surface area contributed by atoms with Gasteiger partial charge in [-0.05, 0) is 30.2 Å². The largest absolute Gasteiger partial charge is 0.360 e. The Balaban J connectivity index is 1.34. The number of fused-ring (bicyclic) bond motifs is 1. The molecule has 4 nitrogen and oxygen atoms in total. The molecule has 124 valence electrons. The molecule has 0 aromatic heterocycles. The fraction of sp³-hybridized carbons (Fsp3) is 0.350. The minimum Gasteiger partial charge on any atom is -0.360 e. The van der Waals surface area contributed by atoms with E-state index in [2.05, 4.69) is 53.4 Å². The summed E-state index contributed by atoms with van der Waals surface area (Å²) in [4.78, 5) is 18.5. The van der Waals surface area contributed by atoms with Gasteiger partial charge in [-0.3, -0.25) is 4.79 Å². The van der Waals surface area contributed by atoms with E-state index in [9.17, 15) is 4.79 Å². The summed E-state index contributed by atoms with van der Waals surface area (Å²) in [5.41, 5.74) is 3.70. The van der Waals surface area contributed by atoms with Crippen molar-refractivity contribution in [1.82, 2.24) is 0 Å². The first-order valence-corrected chi connectivity index (χ1v) is 8.83. The molecule has 1 fully saturated rings. The van der Waals surface area contributed by atoms with Gasteiger partial charge in [-0.1, -0.05) is 36.4 Å². The Morgan fingerprint density at radius 1 is 0.917 bits per heavy atom. The van der Waals surface area contributed by atoms with Crippen molar-refractivity contribution in [2.75, 3.05) is 49.1 Å². The number of amides is 1. The van der Waals surface area contributed by atoms with Crippen LogP contribution in [-0.4, -0.2) is 45.2 Å². The number of nitrogens with zero attached hydrogens (tertiary/aromatic N) is 2. The number of hydrogen-bond donors (Lipinski definition) is 1. The van der Waals surface area contributed by atoms with E-state index in [0.717, 1.165) is 44.8 Å². The third-order valence-electron chi connectivity index (χ3n) is 5.18. The van der Waals surface area contributed by atoms with Crippen LogP contribution < -0.4 is 14.7 Å². The number of quaternary nitrogens is 1. The summed E-state index contributed by atoms with van der Waals surface area (Å²) >= 11 is 0. The molecule has 1 saturated heterocycles. The van der Waals surface area contributed by atoms with E-state index < -0.39 is 0 Å². The smallest absolute Gasteiger partial charge is 0.282 e. The number of para-hydroxylation sites is 2. The molecule has 0 aliphatic carbocycles. The number of carbonyl (C=O) groups is 1. The van der Waals surface area contributed by atoms with Crippen LogP contribution in [0.4, 0.5) is 11.4 Å². The standard InChI is InChI=1S/C20H23N3O/c24-20(23-11-10-17-6-4-5-9-19(17)23)16-21-12-14-22(15-13-21)18-7-2-1-3-8-18/h1-9H,10-16H2/p+1. The van der Waals surface area contributed by atoms with Crippen LogP contribution >= 0.6 is 0 Å². The summed E-state index contributed by atoms with van der Waals surface area (Å²) in [6, 6.07) is 18.8. The minimum absolute atomic E-state index is 0.267. The first-order valence-electron chi connectivity index (χ1n) is 8.83. The van der Waals surface area contributed by atoms with E-state index in [0.29, 0.717) is 6.54 Å². The highest BCUT2D eigenvalue weighted by Gasteiger charge is 2.28. The van der Waals surface area contributed by atoms with Crippen molar-refractivity contribution in [2.45, 2.75) is 6.42 Å². The predicted molar refractivity (Wildman–Crippen MR) is 96.7 cm³/mol. The van der Waals surface area contributed by atoms with Gasteiger partial charge in [-0.25, -0.2) is 0 Å². The normalized spacial score (nSPS) is 17.8. The van der Waals surface area contributed by atoms with Crippen LogP contribution in [0.2, 0.25) is 0 Å². The molecule has 2 aliphatic heterocycles. The molecule has 24 heavy (non-hydrogen) atoms. The number of rotatable bonds is 3. The van der Waals surface area contributed by atoms with Crippen LogP contribution in [0.5, 0.6) is 0 Å². The Bertz CT molecular complexity index is 708. The van der Waals surface area contributed by atoms with Gasteiger partial charge >= 0.3 is 0 Å². The van der Waals surface area contributed by atoms with Gasteiger partial charge in [-0.15, -0.1) is 0 Å². The van der Waals surface area contributed by atoms with Gasteiger partial charge in [0.2, 0.25) is 0 Å². The van der Waals surface area contributed by atoms with Crippen molar-refractivity contribution in [3.05, 3.63) is 60.2 Å². The van der Waals surface area contributed by atoms with Crippen molar-refractivity contribution >= 4 is 17.3 Å². The molecular formula is C20H24N3O+. The molecule has 0 spiro atoms. The van der Waals surface area contributed by atoms with Gasteiger partial charge in [0.05, 0.1) is 26.2 Å². The van der Waals surface area contributed by atoms with Gasteiger partial charge < -0.3 is 14.7 Å². The Morgan fingerprint density at radius 3 is 2.42 bits per heavy atom. The lowest BCUT2D eigenvalue weighted by molar-refractivity contribution is -0.892. The van der Waals surface area contributed by atoms with Gasteiger partial charge in [0.15, 0.2) is 6.54 Å². The number of piperazine rings is 1. The van der Waals surface area contributed by atoms with E-state index in [-0.39, 0.29) is 5.91 Å². The third-order valence-corrected chi connectivity index (χ3v) is 5.18. The summed E-state index contributed by atoms with van der Waals surface area (Å²) in [6.45, 7) is 5.53. The van der Waals surface area contributed by atoms with E-state index in [1.54, 1.807) is 0 Å². The monoisotopic (exact) mass is 322 g/mol. The Hall–Kier alpha value is -2.33. The second-order valence-electron chi connectivity index (χ2n) is 6.67. The van der Waals surface area contributed by atoms with E-state index in [1.807, 2.05) is 11.0 Å². The highest BCUT2D eigenvalue weighted by Crippen LogP contribution is 2.27. The number of nitrogens with one attached hydrogen (secondary N) is 1. The van der Waals surface area contributed by atoms with Crippen LogP contribution in [0.25, 0.3) is 0 Å². The molecule has 4 heteroatoms. The zero-order chi connectivity index (χ0) is 16.4. The lowest BCUT2D eigenvalue weighted by atomic mass is 10.2. The molecule has 0 radical (unpaired) electrons. The molecule has 2 aliphatic rings.